The number of fused-ring (bicyclic) bond motifs is 1. The third kappa shape index (κ3) is 1.57. The first-order valence-electron chi connectivity index (χ1n) is 6.40. The highest BCUT2D eigenvalue weighted by Crippen LogP contribution is 2.32. The topological polar surface area (TPSA) is 55.9 Å². The molecule has 0 amide bonds. The molecule has 1 aliphatic carbocycles. The Kier molecular flexibility index (Phi) is 2.69. The fourth-order valence-electron chi connectivity index (χ4n) is 3.06. The van der Waals surface area contributed by atoms with Crippen molar-refractivity contribution in [1.82, 2.24) is 15.1 Å². The Morgan fingerprint density at radius 1 is 1.38 bits per heavy atom. The maximum absolute atomic E-state index is 5.78. The largest absolute Gasteiger partial charge is 0.325 e. The Hall–Kier alpha value is -0.870. The lowest BCUT2D eigenvalue weighted by molar-refractivity contribution is 0.439. The van der Waals surface area contributed by atoms with Crippen LogP contribution >= 0.6 is 0 Å². The van der Waals surface area contributed by atoms with Gasteiger partial charge in [-0.2, -0.15) is 5.10 Å². The van der Waals surface area contributed by atoms with Crippen LogP contribution in [0.25, 0.3) is 0 Å². The average molecular weight is 220 g/mol. The molecule has 0 aromatic carbocycles. The molecule has 0 radical (unpaired) electrons. The molecule has 0 spiro atoms. The van der Waals surface area contributed by atoms with Gasteiger partial charge in [0.25, 0.3) is 0 Å². The van der Waals surface area contributed by atoms with Crippen molar-refractivity contribution < 1.29 is 0 Å². The van der Waals surface area contributed by atoms with Crippen LogP contribution in [0.1, 0.15) is 48.7 Å². The van der Waals surface area contributed by atoms with E-state index in [-0.39, 0.29) is 0 Å². The van der Waals surface area contributed by atoms with Crippen molar-refractivity contribution in [3.05, 3.63) is 17.0 Å². The van der Waals surface area contributed by atoms with Gasteiger partial charge in [0, 0.05) is 37.3 Å². The zero-order valence-corrected chi connectivity index (χ0v) is 9.71. The van der Waals surface area contributed by atoms with Crippen molar-refractivity contribution >= 4 is 0 Å². The smallest absolute Gasteiger partial charge is 0.0808 e. The van der Waals surface area contributed by atoms with Crippen molar-refractivity contribution in [1.29, 1.82) is 0 Å². The zero-order valence-electron chi connectivity index (χ0n) is 9.71. The number of hydrogen-bond acceptors (Lipinski definition) is 3. The van der Waals surface area contributed by atoms with Gasteiger partial charge < -0.3 is 11.1 Å². The van der Waals surface area contributed by atoms with Crippen LogP contribution in [-0.2, 0) is 19.5 Å². The van der Waals surface area contributed by atoms with Gasteiger partial charge in [0.2, 0.25) is 0 Å². The highest BCUT2D eigenvalue weighted by molar-refractivity contribution is 5.29. The third-order valence-electron chi connectivity index (χ3n) is 3.91. The minimum atomic E-state index is 0.573. The SMILES string of the molecule is NCc1nn(C2CCCC2)c2c1CNCC2. The summed E-state index contributed by atoms with van der Waals surface area (Å²) in [6.07, 6.45) is 6.42. The Balaban J connectivity index is 2.00. The van der Waals surface area contributed by atoms with Crippen molar-refractivity contribution in [3.8, 4) is 0 Å². The fraction of sp³-hybridized carbons (Fsp3) is 0.750. The molecular weight excluding hydrogens is 200 g/mol. The quantitative estimate of drug-likeness (QED) is 0.785. The molecule has 1 saturated carbocycles. The predicted molar refractivity (Wildman–Crippen MR) is 63.0 cm³/mol. The van der Waals surface area contributed by atoms with Crippen LogP contribution in [0.2, 0.25) is 0 Å². The van der Waals surface area contributed by atoms with E-state index in [1.165, 1.54) is 36.9 Å². The monoisotopic (exact) mass is 220 g/mol. The van der Waals surface area contributed by atoms with E-state index in [2.05, 4.69) is 10.00 Å². The summed E-state index contributed by atoms with van der Waals surface area (Å²) in [5.41, 5.74) is 9.71. The molecule has 0 unspecified atom stereocenters. The lowest BCUT2D eigenvalue weighted by atomic mass is 10.1. The molecule has 1 aromatic heterocycles. The molecule has 4 nitrogen and oxygen atoms in total. The first-order chi connectivity index (χ1) is 7.90. The second kappa shape index (κ2) is 4.18. The lowest BCUT2D eigenvalue weighted by Gasteiger charge is -2.18. The molecule has 1 aromatic rings. The van der Waals surface area contributed by atoms with Gasteiger partial charge in [-0.15, -0.1) is 0 Å². The second-order valence-corrected chi connectivity index (χ2v) is 4.89. The number of hydrogen-bond donors (Lipinski definition) is 2. The molecule has 0 bridgehead atoms. The molecule has 0 atom stereocenters. The van der Waals surface area contributed by atoms with Gasteiger partial charge in [0.05, 0.1) is 11.7 Å². The van der Waals surface area contributed by atoms with Crippen molar-refractivity contribution in [2.24, 2.45) is 5.73 Å². The summed E-state index contributed by atoms with van der Waals surface area (Å²) in [6, 6.07) is 0.646. The Labute approximate surface area is 96.2 Å². The van der Waals surface area contributed by atoms with Crippen LogP contribution in [0.3, 0.4) is 0 Å². The van der Waals surface area contributed by atoms with E-state index in [1.54, 1.807) is 0 Å². The molecular formula is C12H20N4. The molecule has 16 heavy (non-hydrogen) atoms. The minimum absolute atomic E-state index is 0.573. The van der Waals surface area contributed by atoms with Crippen molar-refractivity contribution in [2.45, 2.75) is 51.2 Å². The van der Waals surface area contributed by atoms with Crippen LogP contribution in [0, 0.1) is 0 Å². The molecule has 3 N–H and O–H groups in total. The Morgan fingerprint density at radius 3 is 2.94 bits per heavy atom. The van der Waals surface area contributed by atoms with E-state index in [9.17, 15) is 0 Å². The van der Waals surface area contributed by atoms with E-state index in [1.807, 2.05) is 0 Å². The van der Waals surface area contributed by atoms with E-state index >= 15 is 0 Å². The van der Waals surface area contributed by atoms with Gasteiger partial charge in [-0.1, -0.05) is 12.8 Å². The van der Waals surface area contributed by atoms with Crippen LogP contribution in [-0.4, -0.2) is 16.3 Å². The van der Waals surface area contributed by atoms with E-state index < -0.39 is 0 Å². The summed E-state index contributed by atoms with van der Waals surface area (Å²) in [5, 5.41) is 8.15. The normalized spacial score (nSPS) is 21.3. The highest BCUT2D eigenvalue weighted by Gasteiger charge is 2.25. The summed E-state index contributed by atoms with van der Waals surface area (Å²) in [7, 11) is 0. The second-order valence-electron chi connectivity index (χ2n) is 4.89. The van der Waals surface area contributed by atoms with Crippen LogP contribution < -0.4 is 11.1 Å². The highest BCUT2D eigenvalue weighted by atomic mass is 15.3. The molecule has 88 valence electrons. The predicted octanol–water partition coefficient (Wildman–Crippen LogP) is 1.10. The van der Waals surface area contributed by atoms with Gasteiger partial charge in [-0.3, -0.25) is 4.68 Å². The molecule has 1 fully saturated rings. The summed E-state index contributed by atoms with van der Waals surface area (Å²) in [5.74, 6) is 0. The fourth-order valence-corrected chi connectivity index (χ4v) is 3.06. The lowest BCUT2D eigenvalue weighted by Crippen LogP contribution is -2.26. The van der Waals surface area contributed by atoms with Gasteiger partial charge in [-0.25, -0.2) is 0 Å². The number of nitrogens with one attached hydrogen (secondary N) is 1. The number of nitrogens with zero attached hydrogens (tertiary/aromatic N) is 2. The van der Waals surface area contributed by atoms with Crippen LogP contribution in [0.5, 0.6) is 0 Å². The van der Waals surface area contributed by atoms with Gasteiger partial charge >= 0.3 is 0 Å². The summed E-state index contributed by atoms with van der Waals surface area (Å²) >= 11 is 0. The summed E-state index contributed by atoms with van der Waals surface area (Å²) in [6.45, 7) is 2.60. The van der Waals surface area contributed by atoms with Crippen LogP contribution in [0.4, 0.5) is 0 Å². The summed E-state index contributed by atoms with van der Waals surface area (Å²) in [4.78, 5) is 0. The molecule has 0 saturated heterocycles. The molecule has 1 aliphatic heterocycles. The molecule has 2 aliphatic rings. The maximum atomic E-state index is 5.78. The maximum Gasteiger partial charge on any atom is 0.0808 e. The van der Waals surface area contributed by atoms with Gasteiger partial charge in [0.1, 0.15) is 0 Å². The first-order valence-corrected chi connectivity index (χ1v) is 6.40. The van der Waals surface area contributed by atoms with Crippen molar-refractivity contribution in [2.75, 3.05) is 6.54 Å². The number of nitrogens with two attached hydrogens (primary N) is 1. The first kappa shape index (κ1) is 10.3. The van der Waals surface area contributed by atoms with Crippen molar-refractivity contribution in [3.63, 3.8) is 0 Å². The molecule has 2 heterocycles. The van der Waals surface area contributed by atoms with E-state index in [0.29, 0.717) is 12.6 Å². The van der Waals surface area contributed by atoms with Gasteiger partial charge in [-0.05, 0) is 12.8 Å². The van der Waals surface area contributed by atoms with Gasteiger partial charge in [0.15, 0.2) is 0 Å². The van der Waals surface area contributed by atoms with Crippen LogP contribution in [0.15, 0.2) is 0 Å². The summed E-state index contributed by atoms with van der Waals surface area (Å²) < 4.78 is 2.30. The van der Waals surface area contributed by atoms with E-state index in [4.69, 9.17) is 10.8 Å². The average Bonchev–Trinajstić information content (AvgIpc) is 2.95. The number of rotatable bonds is 2. The third-order valence-corrected chi connectivity index (χ3v) is 3.91. The zero-order chi connectivity index (χ0) is 11.0. The number of aromatic nitrogens is 2. The standard InChI is InChI=1S/C12H20N4/c13-7-11-10-8-14-6-5-12(10)16(15-11)9-3-1-2-4-9/h9,14H,1-8,13H2. The Bertz CT molecular complexity index is 377. The van der Waals surface area contributed by atoms with E-state index in [0.717, 1.165) is 25.2 Å². The minimum Gasteiger partial charge on any atom is -0.325 e. The molecule has 3 rings (SSSR count). The Morgan fingerprint density at radius 2 is 2.19 bits per heavy atom. The molecule has 4 heteroatoms.